The van der Waals surface area contributed by atoms with Crippen molar-refractivity contribution in [3.63, 3.8) is 0 Å². The largest absolute Gasteiger partial charge is 0.396 e. The van der Waals surface area contributed by atoms with Crippen molar-refractivity contribution in [2.24, 2.45) is 5.92 Å². The number of hydrogen-bond donors (Lipinski definition) is 3. The van der Waals surface area contributed by atoms with Gasteiger partial charge in [-0.05, 0) is 37.5 Å². The van der Waals surface area contributed by atoms with Crippen LogP contribution in [0.15, 0.2) is 18.2 Å². The lowest BCUT2D eigenvalue weighted by Crippen LogP contribution is -2.40. The van der Waals surface area contributed by atoms with E-state index in [1.54, 1.807) is 18.2 Å². The Morgan fingerprint density at radius 2 is 2.11 bits per heavy atom. The van der Waals surface area contributed by atoms with Gasteiger partial charge in [0.25, 0.3) is 0 Å². The van der Waals surface area contributed by atoms with Crippen molar-refractivity contribution in [1.29, 1.82) is 0 Å². The number of benzene rings is 1. The number of amides is 2. The first-order chi connectivity index (χ1) is 8.45. The monoisotopic (exact) mass is 270 g/mol. The summed E-state index contributed by atoms with van der Waals surface area (Å²) in [4.78, 5) is 11.8. The molecule has 0 fully saturated rings. The minimum atomic E-state index is -0.298. The molecule has 0 aliphatic carbocycles. The molecule has 1 aromatic rings. The van der Waals surface area contributed by atoms with E-state index in [-0.39, 0.29) is 24.6 Å². The Hall–Kier alpha value is -1.26. The highest BCUT2D eigenvalue weighted by atomic mass is 35.5. The molecule has 1 aromatic carbocycles. The lowest BCUT2D eigenvalue weighted by Gasteiger charge is -2.20. The first-order valence-corrected chi connectivity index (χ1v) is 6.27. The molecule has 0 aliphatic heterocycles. The van der Waals surface area contributed by atoms with Gasteiger partial charge in [0.2, 0.25) is 0 Å². The van der Waals surface area contributed by atoms with Crippen LogP contribution in [0.5, 0.6) is 0 Å². The molecule has 0 spiro atoms. The summed E-state index contributed by atoms with van der Waals surface area (Å²) in [6.07, 6.45) is 0. The van der Waals surface area contributed by atoms with Gasteiger partial charge in [-0.2, -0.15) is 0 Å². The number of aliphatic hydroxyl groups is 1. The zero-order valence-electron chi connectivity index (χ0n) is 10.8. The molecule has 0 bridgehead atoms. The summed E-state index contributed by atoms with van der Waals surface area (Å²) in [7, 11) is 0. The maximum atomic E-state index is 11.8. The number of urea groups is 1. The molecule has 0 aromatic heterocycles. The van der Waals surface area contributed by atoms with Gasteiger partial charge in [0.1, 0.15) is 0 Å². The summed E-state index contributed by atoms with van der Waals surface area (Å²) in [6.45, 7) is 5.61. The van der Waals surface area contributed by atoms with Crippen LogP contribution in [0.3, 0.4) is 0 Å². The summed E-state index contributed by atoms with van der Waals surface area (Å²) in [5.41, 5.74) is 1.51. The van der Waals surface area contributed by atoms with E-state index in [1.165, 1.54) is 0 Å². The Balaban J connectivity index is 2.62. The molecule has 0 saturated heterocycles. The third-order valence-corrected chi connectivity index (χ3v) is 3.43. The minimum Gasteiger partial charge on any atom is -0.396 e. The van der Waals surface area contributed by atoms with E-state index >= 15 is 0 Å². The molecule has 100 valence electrons. The van der Waals surface area contributed by atoms with Gasteiger partial charge >= 0.3 is 6.03 Å². The normalized spacial score (nSPS) is 13.8. The molecule has 2 atom stereocenters. The Bertz CT molecular complexity index is 423. The van der Waals surface area contributed by atoms with Gasteiger partial charge in [-0.15, -0.1) is 0 Å². The lowest BCUT2D eigenvalue weighted by molar-refractivity contribution is 0.204. The van der Waals surface area contributed by atoms with Gasteiger partial charge in [-0.3, -0.25) is 0 Å². The van der Waals surface area contributed by atoms with Gasteiger partial charge < -0.3 is 15.7 Å². The Morgan fingerprint density at radius 3 is 2.72 bits per heavy atom. The van der Waals surface area contributed by atoms with Crippen LogP contribution in [0.1, 0.15) is 19.4 Å². The number of hydrogen-bond acceptors (Lipinski definition) is 2. The van der Waals surface area contributed by atoms with E-state index in [0.717, 1.165) is 5.56 Å². The molecule has 4 nitrogen and oxygen atoms in total. The third-order valence-electron chi connectivity index (χ3n) is 3.02. The molecule has 0 saturated carbocycles. The van der Waals surface area contributed by atoms with Gasteiger partial charge in [-0.25, -0.2) is 4.79 Å². The highest BCUT2D eigenvalue weighted by Gasteiger charge is 2.14. The van der Waals surface area contributed by atoms with Crippen LogP contribution in [0.2, 0.25) is 5.02 Å². The molecule has 0 radical (unpaired) electrons. The summed E-state index contributed by atoms with van der Waals surface area (Å²) in [5, 5.41) is 15.1. The summed E-state index contributed by atoms with van der Waals surface area (Å²) in [6, 6.07) is 4.95. The van der Waals surface area contributed by atoms with Crippen LogP contribution in [0.4, 0.5) is 10.5 Å². The van der Waals surface area contributed by atoms with Crippen molar-refractivity contribution in [2.75, 3.05) is 11.9 Å². The number of aliphatic hydroxyl groups excluding tert-OH is 1. The first kappa shape index (κ1) is 14.8. The topological polar surface area (TPSA) is 61.4 Å². The van der Waals surface area contributed by atoms with E-state index in [2.05, 4.69) is 10.6 Å². The zero-order valence-corrected chi connectivity index (χ0v) is 11.6. The molecule has 0 aliphatic rings. The zero-order chi connectivity index (χ0) is 13.7. The first-order valence-electron chi connectivity index (χ1n) is 5.89. The van der Waals surface area contributed by atoms with Crippen molar-refractivity contribution >= 4 is 23.3 Å². The number of nitrogens with one attached hydrogen (secondary N) is 2. The second-order valence-electron chi connectivity index (χ2n) is 4.46. The van der Waals surface area contributed by atoms with Crippen molar-refractivity contribution in [3.8, 4) is 0 Å². The molecule has 1 rings (SSSR count). The summed E-state index contributed by atoms with van der Waals surface area (Å²) in [5.74, 6) is 0.0104. The summed E-state index contributed by atoms with van der Waals surface area (Å²) >= 11 is 5.97. The molecule has 18 heavy (non-hydrogen) atoms. The van der Waals surface area contributed by atoms with E-state index in [1.807, 2.05) is 20.8 Å². The van der Waals surface area contributed by atoms with Gasteiger partial charge in [-0.1, -0.05) is 24.6 Å². The van der Waals surface area contributed by atoms with Crippen molar-refractivity contribution in [1.82, 2.24) is 5.32 Å². The van der Waals surface area contributed by atoms with Crippen molar-refractivity contribution < 1.29 is 9.90 Å². The predicted molar refractivity (Wildman–Crippen MR) is 74.1 cm³/mol. The van der Waals surface area contributed by atoms with E-state index in [0.29, 0.717) is 10.7 Å². The second-order valence-corrected chi connectivity index (χ2v) is 4.87. The van der Waals surface area contributed by atoms with Crippen LogP contribution in [0, 0.1) is 12.8 Å². The Labute approximate surface area is 112 Å². The molecular formula is C13H19ClN2O2. The van der Waals surface area contributed by atoms with Crippen LogP contribution >= 0.6 is 11.6 Å². The minimum absolute atomic E-state index is 0.0104. The number of rotatable bonds is 4. The maximum absolute atomic E-state index is 11.8. The average Bonchev–Trinajstić information content (AvgIpc) is 2.33. The van der Waals surface area contributed by atoms with Gasteiger partial charge in [0.05, 0.1) is 0 Å². The van der Waals surface area contributed by atoms with Gasteiger partial charge in [0.15, 0.2) is 0 Å². The standard InChI is InChI=1S/C13H19ClN2O2/c1-8(7-17)10(3)15-13(18)16-12-6-4-5-11(14)9(12)2/h4-6,8,10,17H,7H2,1-3H3,(H2,15,16,18). The van der Waals surface area contributed by atoms with E-state index in [4.69, 9.17) is 16.7 Å². The molecule has 3 N–H and O–H groups in total. The highest BCUT2D eigenvalue weighted by molar-refractivity contribution is 6.31. The molecule has 2 amide bonds. The average molecular weight is 271 g/mol. The number of carbonyl (C=O) groups excluding carboxylic acids is 1. The number of halogens is 1. The van der Waals surface area contributed by atoms with E-state index in [9.17, 15) is 4.79 Å². The van der Waals surface area contributed by atoms with Crippen LogP contribution < -0.4 is 10.6 Å². The fraction of sp³-hybridized carbons (Fsp3) is 0.462. The smallest absolute Gasteiger partial charge is 0.319 e. The fourth-order valence-corrected chi connectivity index (χ4v) is 1.58. The van der Waals surface area contributed by atoms with Gasteiger partial charge in [0, 0.05) is 23.4 Å². The molecular weight excluding hydrogens is 252 g/mol. The third kappa shape index (κ3) is 3.89. The molecule has 5 heteroatoms. The van der Waals surface area contributed by atoms with Crippen molar-refractivity contribution in [3.05, 3.63) is 28.8 Å². The van der Waals surface area contributed by atoms with Crippen molar-refractivity contribution in [2.45, 2.75) is 26.8 Å². The van der Waals surface area contributed by atoms with Crippen LogP contribution in [0.25, 0.3) is 0 Å². The highest BCUT2D eigenvalue weighted by Crippen LogP contribution is 2.22. The quantitative estimate of drug-likeness (QED) is 0.788. The van der Waals surface area contributed by atoms with E-state index < -0.39 is 0 Å². The lowest BCUT2D eigenvalue weighted by atomic mass is 10.1. The fourth-order valence-electron chi connectivity index (χ4n) is 1.41. The Kier molecular flexibility index (Phi) is 5.44. The molecule has 0 heterocycles. The number of anilines is 1. The second kappa shape index (κ2) is 6.61. The Morgan fingerprint density at radius 1 is 1.44 bits per heavy atom. The SMILES string of the molecule is Cc1c(Cl)cccc1NC(=O)NC(C)C(C)CO. The van der Waals surface area contributed by atoms with Crippen LogP contribution in [-0.4, -0.2) is 23.8 Å². The summed E-state index contributed by atoms with van der Waals surface area (Å²) < 4.78 is 0. The van der Waals surface area contributed by atoms with Crippen LogP contribution in [-0.2, 0) is 0 Å². The number of carbonyl (C=O) groups is 1. The predicted octanol–water partition coefficient (Wildman–Crippen LogP) is 2.79. The maximum Gasteiger partial charge on any atom is 0.319 e. The molecule has 2 unspecified atom stereocenters.